The van der Waals surface area contributed by atoms with Crippen LogP contribution in [0.5, 0.6) is 11.5 Å². The van der Waals surface area contributed by atoms with Crippen molar-refractivity contribution in [3.05, 3.63) is 92.4 Å². The van der Waals surface area contributed by atoms with Gasteiger partial charge in [0.05, 0.1) is 18.6 Å². The molecule has 0 radical (unpaired) electrons. The molecular formula is C24H21N3O4S. The molecule has 0 atom stereocenters. The van der Waals surface area contributed by atoms with Gasteiger partial charge in [-0.05, 0) is 29.1 Å². The Labute approximate surface area is 188 Å². The van der Waals surface area contributed by atoms with Crippen molar-refractivity contribution in [2.45, 2.75) is 19.6 Å². The lowest BCUT2D eigenvalue weighted by atomic mass is 10.1. The van der Waals surface area contributed by atoms with Crippen LogP contribution in [-0.2, 0) is 19.6 Å². The molecule has 1 aliphatic heterocycles. The average molecular weight is 448 g/mol. The average Bonchev–Trinajstić information content (AvgIpc) is 3.48. The van der Waals surface area contributed by atoms with Gasteiger partial charge in [0.15, 0.2) is 11.5 Å². The van der Waals surface area contributed by atoms with E-state index in [1.165, 1.54) is 0 Å². The minimum atomic E-state index is -0.233. The fraction of sp³-hybridized carbons (Fsp3) is 0.167. The molecule has 1 aliphatic rings. The number of carbonyl (C=O) groups is 1. The van der Waals surface area contributed by atoms with Gasteiger partial charge in [-0.2, -0.15) is 0 Å². The lowest BCUT2D eigenvalue weighted by Gasteiger charge is -2.22. The third-order valence-electron chi connectivity index (χ3n) is 5.28. The van der Waals surface area contributed by atoms with Crippen LogP contribution in [0.25, 0.3) is 10.9 Å². The number of urea groups is 1. The molecule has 0 bridgehead atoms. The van der Waals surface area contributed by atoms with Crippen molar-refractivity contribution in [1.82, 2.24) is 15.2 Å². The van der Waals surface area contributed by atoms with E-state index in [2.05, 4.69) is 10.3 Å². The van der Waals surface area contributed by atoms with Crippen molar-refractivity contribution in [3.63, 3.8) is 0 Å². The van der Waals surface area contributed by atoms with Gasteiger partial charge in [-0.15, -0.1) is 11.3 Å². The number of H-pyrrole nitrogens is 1. The Morgan fingerprint density at radius 3 is 2.62 bits per heavy atom. The molecule has 7 nitrogen and oxygen atoms in total. The van der Waals surface area contributed by atoms with Crippen molar-refractivity contribution in [1.29, 1.82) is 0 Å². The Morgan fingerprint density at radius 2 is 1.84 bits per heavy atom. The van der Waals surface area contributed by atoms with Crippen LogP contribution in [0.3, 0.4) is 0 Å². The molecule has 0 fully saturated rings. The van der Waals surface area contributed by atoms with E-state index in [0.717, 1.165) is 15.8 Å². The molecule has 32 heavy (non-hydrogen) atoms. The lowest BCUT2D eigenvalue weighted by molar-refractivity contribution is 0.174. The number of carbonyl (C=O) groups excluding carboxylic acids is 1. The summed E-state index contributed by atoms with van der Waals surface area (Å²) in [6, 6.07) is 18.8. The monoisotopic (exact) mass is 447 g/mol. The number of nitrogens with one attached hydrogen (secondary N) is 2. The van der Waals surface area contributed by atoms with Gasteiger partial charge in [-0.1, -0.05) is 36.4 Å². The Kier molecular flexibility index (Phi) is 5.51. The first-order valence-electron chi connectivity index (χ1n) is 10.2. The summed E-state index contributed by atoms with van der Waals surface area (Å²) in [5.41, 5.74) is 1.95. The molecule has 0 saturated heterocycles. The molecule has 0 aliphatic carbocycles. The van der Waals surface area contributed by atoms with Gasteiger partial charge in [-0.3, -0.25) is 4.79 Å². The second-order valence-electron chi connectivity index (χ2n) is 7.50. The number of aromatic nitrogens is 1. The van der Waals surface area contributed by atoms with E-state index in [9.17, 15) is 9.59 Å². The second-order valence-corrected chi connectivity index (χ2v) is 8.53. The second kappa shape index (κ2) is 8.76. The molecule has 2 aromatic carbocycles. The van der Waals surface area contributed by atoms with Crippen LogP contribution in [0.4, 0.5) is 4.79 Å². The van der Waals surface area contributed by atoms with E-state index in [-0.39, 0.29) is 24.9 Å². The van der Waals surface area contributed by atoms with Gasteiger partial charge >= 0.3 is 6.03 Å². The lowest BCUT2D eigenvalue weighted by Crippen LogP contribution is -2.39. The van der Waals surface area contributed by atoms with Crippen LogP contribution >= 0.6 is 11.3 Å². The first kappa shape index (κ1) is 20.1. The fourth-order valence-electron chi connectivity index (χ4n) is 3.64. The van der Waals surface area contributed by atoms with E-state index in [0.29, 0.717) is 35.7 Å². The number of aromatic amines is 1. The van der Waals surface area contributed by atoms with E-state index >= 15 is 0 Å². The highest BCUT2D eigenvalue weighted by molar-refractivity contribution is 7.09. The van der Waals surface area contributed by atoms with Crippen LogP contribution < -0.4 is 20.3 Å². The van der Waals surface area contributed by atoms with Gasteiger partial charge in [0.2, 0.25) is 6.79 Å². The number of hydrogen-bond acceptors (Lipinski definition) is 5. The number of fused-ring (bicyclic) bond motifs is 2. The maximum atomic E-state index is 13.0. The summed E-state index contributed by atoms with van der Waals surface area (Å²) in [5, 5.41) is 5.76. The fourth-order valence-corrected chi connectivity index (χ4v) is 4.36. The zero-order valence-corrected chi connectivity index (χ0v) is 18.0. The predicted molar refractivity (Wildman–Crippen MR) is 123 cm³/mol. The summed E-state index contributed by atoms with van der Waals surface area (Å²) in [7, 11) is 0. The number of pyridine rings is 1. The third kappa shape index (κ3) is 4.31. The largest absolute Gasteiger partial charge is 0.454 e. The number of ether oxygens (including phenoxy) is 2. The van der Waals surface area contributed by atoms with Crippen LogP contribution in [0.1, 0.15) is 16.0 Å². The van der Waals surface area contributed by atoms with Crippen LogP contribution in [0.2, 0.25) is 0 Å². The molecule has 2 N–H and O–H groups in total. The summed E-state index contributed by atoms with van der Waals surface area (Å²) in [6.45, 7) is 1.17. The highest BCUT2D eigenvalue weighted by Crippen LogP contribution is 2.35. The summed E-state index contributed by atoms with van der Waals surface area (Å²) >= 11 is 1.58. The topological polar surface area (TPSA) is 83.7 Å². The summed E-state index contributed by atoms with van der Waals surface area (Å²) in [5.74, 6) is 1.26. The van der Waals surface area contributed by atoms with Crippen molar-refractivity contribution in [2.24, 2.45) is 0 Å². The molecule has 2 amide bonds. The van der Waals surface area contributed by atoms with Crippen LogP contribution in [0.15, 0.2) is 70.8 Å². The first-order valence-corrected chi connectivity index (χ1v) is 11.1. The summed E-state index contributed by atoms with van der Waals surface area (Å²) < 4.78 is 10.8. The van der Waals surface area contributed by atoms with Gasteiger partial charge in [0, 0.05) is 28.4 Å². The Hall–Kier alpha value is -3.78. The molecule has 162 valence electrons. The van der Waals surface area contributed by atoms with Crippen molar-refractivity contribution >= 4 is 28.3 Å². The van der Waals surface area contributed by atoms with Gasteiger partial charge < -0.3 is 24.7 Å². The van der Waals surface area contributed by atoms with Crippen LogP contribution in [0, 0.1) is 0 Å². The Balaban J connectivity index is 1.40. The smallest absolute Gasteiger partial charge is 0.318 e. The van der Waals surface area contributed by atoms with Gasteiger partial charge in [0.1, 0.15) is 0 Å². The number of thiophene rings is 1. The summed E-state index contributed by atoms with van der Waals surface area (Å²) in [4.78, 5) is 31.4. The molecule has 0 spiro atoms. The predicted octanol–water partition coefficient (Wildman–Crippen LogP) is 4.23. The number of benzene rings is 2. The van der Waals surface area contributed by atoms with Crippen molar-refractivity contribution in [3.8, 4) is 11.5 Å². The first-order chi connectivity index (χ1) is 15.7. The number of rotatable bonds is 6. The molecule has 2 aromatic heterocycles. The zero-order chi connectivity index (χ0) is 21.9. The number of amides is 2. The standard InChI is InChI=1S/C24H21N3O4S/c28-23-18(9-17-10-21-22(31-15-30-21)11-20(17)26-23)13-27(14-19-7-4-8-32-19)24(29)25-12-16-5-2-1-3-6-16/h1-11H,12-15H2,(H,25,29)(H,26,28). The van der Waals surface area contributed by atoms with E-state index < -0.39 is 0 Å². The summed E-state index contributed by atoms with van der Waals surface area (Å²) in [6.07, 6.45) is 0. The third-order valence-corrected chi connectivity index (χ3v) is 6.14. The highest BCUT2D eigenvalue weighted by Gasteiger charge is 2.19. The molecule has 5 rings (SSSR count). The molecule has 3 heterocycles. The molecular weight excluding hydrogens is 426 g/mol. The minimum absolute atomic E-state index is 0.166. The maximum Gasteiger partial charge on any atom is 0.318 e. The molecule has 0 unspecified atom stereocenters. The zero-order valence-electron chi connectivity index (χ0n) is 17.2. The Morgan fingerprint density at radius 1 is 1.03 bits per heavy atom. The normalized spacial score (nSPS) is 12.1. The minimum Gasteiger partial charge on any atom is -0.454 e. The SMILES string of the molecule is O=C(NCc1ccccc1)N(Cc1cccs1)Cc1cc2cc3c(cc2[nH]c1=O)OCO3. The number of nitrogens with zero attached hydrogens (tertiary/aromatic N) is 1. The van der Waals surface area contributed by atoms with Crippen LogP contribution in [-0.4, -0.2) is 22.7 Å². The van der Waals surface area contributed by atoms with Gasteiger partial charge in [-0.25, -0.2) is 4.79 Å². The van der Waals surface area contributed by atoms with E-state index in [4.69, 9.17) is 9.47 Å². The quantitative estimate of drug-likeness (QED) is 0.463. The Bertz CT molecular complexity index is 1300. The molecule has 4 aromatic rings. The molecule has 0 saturated carbocycles. The maximum absolute atomic E-state index is 13.0. The highest BCUT2D eigenvalue weighted by atomic mass is 32.1. The van der Waals surface area contributed by atoms with Crippen molar-refractivity contribution < 1.29 is 14.3 Å². The van der Waals surface area contributed by atoms with Crippen molar-refractivity contribution in [2.75, 3.05) is 6.79 Å². The number of hydrogen-bond donors (Lipinski definition) is 2. The van der Waals surface area contributed by atoms with Gasteiger partial charge in [0.25, 0.3) is 5.56 Å². The van der Waals surface area contributed by atoms with E-state index in [1.807, 2.05) is 60.0 Å². The van der Waals surface area contributed by atoms with E-state index in [1.54, 1.807) is 22.3 Å². The molecule has 8 heteroatoms.